The minimum Gasteiger partial charge on any atom is -0.394 e. The van der Waals surface area contributed by atoms with Crippen LogP contribution in [0.15, 0.2) is 0 Å². The predicted octanol–water partition coefficient (Wildman–Crippen LogP) is -2.53. The maximum absolute atomic E-state index is 10.2. The summed E-state index contributed by atoms with van der Waals surface area (Å²) in [5, 5.41) is 8.18. The van der Waals surface area contributed by atoms with Crippen LogP contribution in [0.3, 0.4) is 0 Å². The lowest BCUT2D eigenvalue weighted by atomic mass is 10.4. The first-order valence-corrected chi connectivity index (χ1v) is 3.05. The highest BCUT2D eigenvalue weighted by molar-refractivity contribution is 6.59. The molecule has 0 aliphatic carbocycles. The smallest absolute Gasteiger partial charge is 0.322 e. The number of hydrogen-bond donors (Lipinski definition) is 2. The summed E-state index contributed by atoms with van der Waals surface area (Å²) in [6.07, 6.45) is 0. The van der Waals surface area contributed by atoms with E-state index in [1.54, 1.807) is 0 Å². The third-order valence-corrected chi connectivity index (χ3v) is 1.46. The second kappa shape index (κ2) is 3.17. The fraction of sp³-hybridized carbons (Fsp3) is 0.667. The summed E-state index contributed by atoms with van der Waals surface area (Å²) in [4.78, 5) is 10.2. The van der Waals surface area contributed by atoms with Gasteiger partial charge in [0.15, 0.2) is 0 Å². The lowest BCUT2D eigenvalue weighted by Gasteiger charge is -1.99. The van der Waals surface area contributed by atoms with Gasteiger partial charge in [0.05, 0.1) is 17.3 Å². The van der Waals surface area contributed by atoms with Gasteiger partial charge in [0, 0.05) is 0 Å². The molecule has 3 nitrogen and oxygen atoms in total. The fourth-order valence-corrected chi connectivity index (χ4v) is 0.311. The summed E-state index contributed by atoms with van der Waals surface area (Å²) in [6, 6.07) is -0.619. The standard InChI is InChI=1S/C3H6NO2.Al.2H/c4-3(1-5)2-6;;;/h3,5H,1,4H2;;;/t3-;;;/m0.../s1. The van der Waals surface area contributed by atoms with Crippen molar-refractivity contribution < 1.29 is 9.90 Å². The number of aliphatic hydroxyl groups excluding tert-OH is 1. The van der Waals surface area contributed by atoms with E-state index in [4.69, 9.17) is 10.8 Å². The van der Waals surface area contributed by atoms with Crippen molar-refractivity contribution in [3.05, 3.63) is 0 Å². The van der Waals surface area contributed by atoms with Crippen LogP contribution < -0.4 is 5.73 Å². The van der Waals surface area contributed by atoms with Gasteiger partial charge in [-0.05, 0) is 0 Å². The number of aliphatic hydroxyl groups is 1. The summed E-state index contributed by atoms with van der Waals surface area (Å²) >= 11 is 0.439. The normalized spacial score (nSPS) is 13.4. The minimum absolute atomic E-state index is 0.0394. The SMILES string of the molecule is N[C@@H](CO)[C](=O)[AlH2]. The molecule has 0 aliphatic rings. The lowest BCUT2D eigenvalue weighted by Crippen LogP contribution is -2.33. The van der Waals surface area contributed by atoms with Gasteiger partial charge in [0.1, 0.15) is 0 Å². The van der Waals surface area contributed by atoms with Crippen LogP contribution in [0.25, 0.3) is 0 Å². The van der Waals surface area contributed by atoms with E-state index < -0.39 is 6.04 Å². The van der Waals surface area contributed by atoms with E-state index in [0.717, 1.165) is 0 Å². The Morgan fingerprint density at radius 3 is 2.43 bits per heavy atom. The number of hydrogen-bond acceptors (Lipinski definition) is 3. The molecule has 7 heavy (non-hydrogen) atoms. The van der Waals surface area contributed by atoms with Crippen LogP contribution in [0.1, 0.15) is 0 Å². The molecule has 4 heteroatoms. The molecule has 40 valence electrons. The van der Waals surface area contributed by atoms with Crippen molar-refractivity contribution in [1.82, 2.24) is 0 Å². The summed E-state index contributed by atoms with van der Waals surface area (Å²) in [5.74, 6) is 0. The van der Waals surface area contributed by atoms with Crippen LogP contribution in [0.2, 0.25) is 0 Å². The first-order valence-electron chi connectivity index (χ1n) is 2.05. The molecule has 0 saturated carbocycles. The average molecular weight is 117 g/mol. The third-order valence-electron chi connectivity index (χ3n) is 0.719. The van der Waals surface area contributed by atoms with Gasteiger partial charge in [0.25, 0.3) is 0 Å². The van der Waals surface area contributed by atoms with Crippen LogP contribution in [0.5, 0.6) is 0 Å². The molecule has 0 aromatic carbocycles. The van der Waals surface area contributed by atoms with Crippen molar-refractivity contribution in [1.29, 1.82) is 0 Å². The zero-order valence-electron chi connectivity index (χ0n) is 4.22. The molecule has 0 spiro atoms. The summed E-state index contributed by atoms with van der Waals surface area (Å²) < 4.78 is -0.0394. The molecular weight excluding hydrogens is 109 g/mol. The van der Waals surface area contributed by atoms with Crippen molar-refractivity contribution in [2.24, 2.45) is 5.73 Å². The first-order chi connectivity index (χ1) is 3.18. The van der Waals surface area contributed by atoms with Crippen molar-refractivity contribution >= 4 is 20.9 Å². The molecule has 0 aliphatic heterocycles. The van der Waals surface area contributed by atoms with Crippen LogP contribution in [0, 0.1) is 0 Å². The van der Waals surface area contributed by atoms with Crippen molar-refractivity contribution in [2.45, 2.75) is 6.04 Å². The first kappa shape index (κ1) is 7.12. The fourth-order valence-electron chi connectivity index (χ4n) is 0.129. The van der Waals surface area contributed by atoms with Gasteiger partial charge >= 0.3 is 16.3 Å². The molecule has 0 saturated heterocycles. The van der Waals surface area contributed by atoms with Crippen molar-refractivity contribution in [3.8, 4) is 0 Å². The molecule has 0 heterocycles. The average Bonchev–Trinajstić information content (AvgIpc) is 1.65. The highest BCUT2D eigenvalue weighted by atomic mass is 27.0. The predicted molar refractivity (Wildman–Crippen MR) is 28.6 cm³/mol. The zero-order chi connectivity index (χ0) is 5.86. The highest BCUT2D eigenvalue weighted by Crippen LogP contribution is 1.70. The Balaban J connectivity index is 3.34. The molecule has 0 rings (SSSR count). The van der Waals surface area contributed by atoms with Crippen LogP contribution in [-0.2, 0) is 4.79 Å². The van der Waals surface area contributed by atoms with Gasteiger partial charge in [-0.3, -0.25) is 0 Å². The maximum Gasteiger partial charge on any atom is 0.322 e. The topological polar surface area (TPSA) is 63.3 Å². The van der Waals surface area contributed by atoms with E-state index in [0.29, 0.717) is 16.3 Å². The van der Waals surface area contributed by atoms with E-state index in [1.807, 2.05) is 0 Å². The van der Waals surface area contributed by atoms with Crippen molar-refractivity contribution in [2.75, 3.05) is 6.61 Å². The Hall–Kier alpha value is 0.122. The molecule has 3 N–H and O–H groups in total. The van der Waals surface area contributed by atoms with E-state index in [2.05, 4.69) is 0 Å². The van der Waals surface area contributed by atoms with Crippen molar-refractivity contribution in [3.63, 3.8) is 0 Å². The van der Waals surface area contributed by atoms with Gasteiger partial charge in [-0.25, -0.2) is 0 Å². The Morgan fingerprint density at radius 1 is 2.00 bits per heavy atom. The zero-order valence-corrected chi connectivity index (χ0v) is 6.22. The summed E-state index contributed by atoms with van der Waals surface area (Å²) in [6.45, 7) is -0.220. The van der Waals surface area contributed by atoms with Crippen LogP contribution >= 0.6 is 0 Å². The van der Waals surface area contributed by atoms with E-state index >= 15 is 0 Å². The van der Waals surface area contributed by atoms with Crippen LogP contribution in [-0.4, -0.2) is 38.7 Å². The molecule has 0 fully saturated rings. The molecule has 0 unspecified atom stereocenters. The Kier molecular flexibility index (Phi) is 3.22. The largest absolute Gasteiger partial charge is 0.394 e. The van der Waals surface area contributed by atoms with Gasteiger partial charge in [0.2, 0.25) is 0 Å². The highest BCUT2D eigenvalue weighted by Gasteiger charge is 2.02. The second-order valence-electron chi connectivity index (χ2n) is 1.40. The second-order valence-corrected chi connectivity index (χ2v) is 2.39. The summed E-state index contributed by atoms with van der Waals surface area (Å²) in [7, 11) is 0. The Morgan fingerprint density at radius 2 is 2.43 bits per heavy atom. The molecule has 1 atom stereocenters. The Bertz CT molecular complexity index is 75.3. The van der Waals surface area contributed by atoms with Gasteiger partial charge < -0.3 is 15.6 Å². The molecule has 0 aromatic heterocycles. The lowest BCUT2D eigenvalue weighted by molar-refractivity contribution is -0.113. The Labute approximate surface area is 49.9 Å². The molecule has 0 bridgehead atoms. The van der Waals surface area contributed by atoms with Crippen LogP contribution in [0.4, 0.5) is 0 Å². The molecule has 0 amide bonds. The molecule has 0 aromatic rings. The number of carbonyl (C=O) groups is 1. The van der Waals surface area contributed by atoms with Gasteiger partial charge in [-0.15, -0.1) is 0 Å². The maximum atomic E-state index is 10.2. The van der Waals surface area contributed by atoms with Gasteiger partial charge in [-0.1, -0.05) is 0 Å². The molecule has 0 radical (unpaired) electrons. The number of carbonyl (C=O) groups excluding carboxylic acids is 1. The third kappa shape index (κ3) is 2.78. The van der Waals surface area contributed by atoms with E-state index in [9.17, 15) is 4.79 Å². The number of rotatable bonds is 2. The van der Waals surface area contributed by atoms with Gasteiger partial charge in [-0.2, -0.15) is 0 Å². The molecular formula is C3H8AlNO2. The van der Waals surface area contributed by atoms with E-state index in [1.165, 1.54) is 0 Å². The quantitative estimate of drug-likeness (QED) is 0.392. The summed E-state index contributed by atoms with van der Waals surface area (Å²) in [5.41, 5.74) is 5.05. The number of nitrogens with two attached hydrogens (primary N) is 1. The van der Waals surface area contributed by atoms with E-state index in [-0.39, 0.29) is 11.3 Å². The monoisotopic (exact) mass is 117 g/mol. The minimum atomic E-state index is -0.619.